The highest BCUT2D eigenvalue weighted by atomic mass is 32.2. The van der Waals surface area contributed by atoms with Gasteiger partial charge in [-0.1, -0.05) is 23.8 Å². The van der Waals surface area contributed by atoms with E-state index in [1.807, 2.05) is 32.0 Å². The number of benzene rings is 2. The number of rotatable bonds is 5. The van der Waals surface area contributed by atoms with Crippen LogP contribution in [0, 0.1) is 13.8 Å². The van der Waals surface area contributed by atoms with Crippen LogP contribution in [0.2, 0.25) is 0 Å². The fraction of sp³-hybridized carbons (Fsp3) is 0.238. The van der Waals surface area contributed by atoms with E-state index in [0.29, 0.717) is 5.56 Å². The first-order valence-electron chi connectivity index (χ1n) is 8.88. The van der Waals surface area contributed by atoms with Crippen molar-refractivity contribution in [2.75, 3.05) is 0 Å². The first kappa shape index (κ1) is 20.0. The van der Waals surface area contributed by atoms with E-state index in [1.54, 1.807) is 32.1 Å². The summed E-state index contributed by atoms with van der Waals surface area (Å²) >= 11 is 0. The average molecular weight is 398 g/mol. The minimum Gasteiger partial charge on any atom is -0.402 e. The summed E-state index contributed by atoms with van der Waals surface area (Å²) in [5.41, 5.74) is 3.81. The van der Waals surface area contributed by atoms with Crippen molar-refractivity contribution in [2.24, 2.45) is 4.99 Å². The van der Waals surface area contributed by atoms with E-state index in [9.17, 15) is 13.2 Å². The second kappa shape index (κ2) is 7.69. The van der Waals surface area contributed by atoms with Crippen molar-refractivity contribution >= 4 is 28.0 Å². The molecule has 1 aliphatic rings. The highest BCUT2D eigenvalue weighted by Crippen LogP contribution is 2.22. The molecule has 1 aliphatic heterocycles. The van der Waals surface area contributed by atoms with Gasteiger partial charge in [0.2, 0.25) is 15.9 Å². The number of aliphatic imine (C=N–C) groups is 1. The van der Waals surface area contributed by atoms with Gasteiger partial charge in [-0.25, -0.2) is 22.9 Å². The number of sulfonamides is 1. The van der Waals surface area contributed by atoms with Crippen LogP contribution in [0.15, 0.2) is 58.0 Å². The Morgan fingerprint density at radius 2 is 1.75 bits per heavy atom. The summed E-state index contributed by atoms with van der Waals surface area (Å²) in [6.07, 6.45) is 1.69. The lowest BCUT2D eigenvalue weighted by Gasteiger charge is -2.09. The maximum Gasteiger partial charge on any atom is 0.363 e. The molecule has 0 atom stereocenters. The summed E-state index contributed by atoms with van der Waals surface area (Å²) < 4.78 is 32.2. The third kappa shape index (κ3) is 4.37. The number of esters is 1. The summed E-state index contributed by atoms with van der Waals surface area (Å²) in [6.45, 7) is 7.48. The number of cyclic esters (lactones) is 1. The van der Waals surface area contributed by atoms with Gasteiger partial charge >= 0.3 is 5.97 Å². The van der Waals surface area contributed by atoms with Gasteiger partial charge in [0.05, 0.1) is 4.90 Å². The lowest BCUT2D eigenvalue weighted by Crippen LogP contribution is -2.30. The van der Waals surface area contributed by atoms with Crippen molar-refractivity contribution in [3.63, 3.8) is 0 Å². The van der Waals surface area contributed by atoms with Gasteiger partial charge in [-0.2, -0.15) is 0 Å². The van der Waals surface area contributed by atoms with Gasteiger partial charge in [0.15, 0.2) is 5.70 Å². The van der Waals surface area contributed by atoms with Crippen molar-refractivity contribution in [3.8, 4) is 0 Å². The van der Waals surface area contributed by atoms with Gasteiger partial charge in [0.1, 0.15) is 0 Å². The van der Waals surface area contributed by atoms with E-state index in [-0.39, 0.29) is 22.5 Å². The molecule has 0 fully saturated rings. The third-order valence-corrected chi connectivity index (χ3v) is 5.81. The molecule has 1 heterocycles. The van der Waals surface area contributed by atoms with Gasteiger partial charge in [-0.05, 0) is 69.2 Å². The number of hydrogen-bond donors (Lipinski definition) is 1. The lowest BCUT2D eigenvalue weighted by molar-refractivity contribution is -0.129. The Bertz CT molecular complexity index is 1080. The number of hydrogen-bond acceptors (Lipinski definition) is 5. The molecule has 0 radical (unpaired) electrons. The van der Waals surface area contributed by atoms with E-state index in [2.05, 4.69) is 9.71 Å². The first-order chi connectivity index (χ1) is 13.2. The maximum absolute atomic E-state index is 12.2. The molecule has 1 N–H and O–H groups in total. The highest BCUT2D eigenvalue weighted by molar-refractivity contribution is 7.89. The molecule has 0 aromatic heterocycles. The number of aryl methyl sites for hydroxylation is 2. The van der Waals surface area contributed by atoms with Crippen LogP contribution in [0.3, 0.4) is 0 Å². The molecule has 2 aromatic rings. The van der Waals surface area contributed by atoms with E-state index in [1.165, 1.54) is 12.1 Å². The molecule has 3 rings (SSSR count). The van der Waals surface area contributed by atoms with Crippen LogP contribution in [0.25, 0.3) is 6.08 Å². The standard InChI is InChI=1S/C21H22N2O4S/c1-13(2)23-28(25,26)18-9-7-16(8-10-18)20-22-19(21(24)27-20)12-17-6-5-14(3)11-15(17)4/h5-13,23H,1-4H3/b19-12-. The Balaban J connectivity index is 1.87. The molecule has 0 amide bonds. The van der Waals surface area contributed by atoms with Crippen molar-refractivity contribution < 1.29 is 17.9 Å². The summed E-state index contributed by atoms with van der Waals surface area (Å²) in [4.78, 5) is 16.6. The predicted molar refractivity (Wildman–Crippen MR) is 108 cm³/mol. The molecule has 146 valence electrons. The smallest absolute Gasteiger partial charge is 0.363 e. The lowest BCUT2D eigenvalue weighted by atomic mass is 10.0. The van der Waals surface area contributed by atoms with E-state index in [4.69, 9.17) is 4.74 Å². The van der Waals surface area contributed by atoms with Gasteiger partial charge in [-0.15, -0.1) is 0 Å². The molecule has 0 bridgehead atoms. The van der Waals surface area contributed by atoms with Crippen LogP contribution < -0.4 is 4.72 Å². The fourth-order valence-corrected chi connectivity index (χ4v) is 4.07. The number of carbonyl (C=O) groups excluding carboxylic acids is 1. The van der Waals surface area contributed by atoms with Crippen molar-refractivity contribution in [1.82, 2.24) is 4.72 Å². The molecule has 6 nitrogen and oxygen atoms in total. The minimum atomic E-state index is -3.58. The first-order valence-corrected chi connectivity index (χ1v) is 10.4. The SMILES string of the molecule is Cc1ccc(/C=C2\N=C(c3ccc(S(=O)(=O)NC(C)C)cc3)OC2=O)c(C)c1. The van der Waals surface area contributed by atoms with Crippen molar-refractivity contribution in [2.45, 2.75) is 38.6 Å². The van der Waals surface area contributed by atoms with Crippen LogP contribution >= 0.6 is 0 Å². The Morgan fingerprint density at radius 1 is 1.07 bits per heavy atom. The van der Waals surface area contributed by atoms with Crippen LogP contribution in [0.4, 0.5) is 0 Å². The molecular formula is C21H22N2O4S. The molecule has 2 aromatic carbocycles. The van der Waals surface area contributed by atoms with E-state index >= 15 is 0 Å². The monoisotopic (exact) mass is 398 g/mol. The molecule has 0 spiro atoms. The second-order valence-corrected chi connectivity index (χ2v) is 8.71. The minimum absolute atomic E-state index is 0.140. The maximum atomic E-state index is 12.2. The Kier molecular flexibility index (Phi) is 5.49. The van der Waals surface area contributed by atoms with Gasteiger partial charge in [0, 0.05) is 11.6 Å². The molecule has 0 saturated carbocycles. The number of nitrogens with zero attached hydrogens (tertiary/aromatic N) is 1. The summed E-state index contributed by atoms with van der Waals surface area (Å²) in [5, 5.41) is 0. The third-order valence-electron chi connectivity index (χ3n) is 4.14. The quantitative estimate of drug-likeness (QED) is 0.618. The average Bonchev–Trinajstić information content (AvgIpc) is 2.97. The largest absolute Gasteiger partial charge is 0.402 e. The molecule has 7 heteroatoms. The normalized spacial score (nSPS) is 15.8. The Hall–Kier alpha value is -2.77. The summed E-state index contributed by atoms with van der Waals surface area (Å²) in [6, 6.07) is 11.8. The Morgan fingerprint density at radius 3 is 2.36 bits per heavy atom. The summed E-state index contributed by atoms with van der Waals surface area (Å²) in [5.74, 6) is -0.380. The Labute approximate surface area is 165 Å². The van der Waals surface area contributed by atoms with Crippen molar-refractivity contribution in [3.05, 3.63) is 70.4 Å². The van der Waals surface area contributed by atoms with Crippen LogP contribution in [0.1, 0.15) is 36.1 Å². The number of nitrogens with one attached hydrogen (secondary N) is 1. The fourth-order valence-electron chi connectivity index (χ4n) is 2.82. The zero-order chi connectivity index (χ0) is 20.5. The molecular weight excluding hydrogens is 376 g/mol. The van der Waals surface area contributed by atoms with Crippen LogP contribution in [-0.4, -0.2) is 26.3 Å². The second-order valence-electron chi connectivity index (χ2n) is 7.00. The molecule has 28 heavy (non-hydrogen) atoms. The van der Waals surface area contributed by atoms with Crippen molar-refractivity contribution in [1.29, 1.82) is 0 Å². The molecule has 0 aliphatic carbocycles. The van der Waals surface area contributed by atoms with Crippen LogP contribution in [-0.2, 0) is 19.6 Å². The van der Waals surface area contributed by atoms with E-state index in [0.717, 1.165) is 16.7 Å². The van der Waals surface area contributed by atoms with Gasteiger partial charge < -0.3 is 4.74 Å². The molecule has 0 unspecified atom stereocenters. The van der Waals surface area contributed by atoms with Gasteiger partial charge in [-0.3, -0.25) is 0 Å². The molecule has 0 saturated heterocycles. The predicted octanol–water partition coefficient (Wildman–Crippen LogP) is 3.33. The zero-order valence-corrected chi connectivity index (χ0v) is 17.0. The summed E-state index contributed by atoms with van der Waals surface area (Å²) in [7, 11) is -3.58. The van der Waals surface area contributed by atoms with E-state index < -0.39 is 16.0 Å². The topological polar surface area (TPSA) is 84.8 Å². The number of ether oxygens (including phenoxy) is 1. The van der Waals surface area contributed by atoms with Crippen LogP contribution in [0.5, 0.6) is 0 Å². The number of carbonyl (C=O) groups is 1. The van der Waals surface area contributed by atoms with Gasteiger partial charge in [0.25, 0.3) is 0 Å². The highest BCUT2D eigenvalue weighted by Gasteiger charge is 2.25. The zero-order valence-electron chi connectivity index (χ0n) is 16.2.